The third kappa shape index (κ3) is 1.97. The highest BCUT2D eigenvalue weighted by molar-refractivity contribution is 5.34. The van der Waals surface area contributed by atoms with Crippen molar-refractivity contribution in [3.63, 3.8) is 0 Å². The van der Waals surface area contributed by atoms with Gasteiger partial charge in [0.2, 0.25) is 0 Å². The first-order valence-electron chi connectivity index (χ1n) is 4.33. The molecule has 0 aliphatic rings. The van der Waals surface area contributed by atoms with Gasteiger partial charge in [-0.05, 0) is 0 Å². The molecule has 0 fully saturated rings. The van der Waals surface area contributed by atoms with Crippen LogP contribution in [0.25, 0.3) is 0 Å². The molecule has 1 rings (SSSR count). The van der Waals surface area contributed by atoms with Gasteiger partial charge in [-0.1, -0.05) is 36.3 Å². The summed E-state index contributed by atoms with van der Waals surface area (Å²) >= 11 is 0. The Kier molecular flexibility index (Phi) is 3.15. The van der Waals surface area contributed by atoms with Crippen molar-refractivity contribution in [1.29, 1.82) is 0 Å². The van der Waals surface area contributed by atoms with Crippen LogP contribution in [-0.4, -0.2) is 12.1 Å². The summed E-state index contributed by atoms with van der Waals surface area (Å²) in [6.07, 6.45) is -1.55. The van der Waals surface area contributed by atoms with Crippen molar-refractivity contribution in [2.24, 2.45) is 0 Å². The van der Waals surface area contributed by atoms with Gasteiger partial charge in [0.05, 0.1) is 0 Å². The Balaban J connectivity index is 3.38. The van der Waals surface area contributed by atoms with E-state index in [2.05, 4.69) is 6.42 Å². The second kappa shape index (κ2) is 3.99. The maximum atomic E-state index is 13.8. The Labute approximate surface area is 93.2 Å². The van der Waals surface area contributed by atoms with Gasteiger partial charge in [-0.15, -0.1) is 6.42 Å². The highest BCUT2D eigenvalue weighted by atomic mass is 19.4. The Morgan fingerprint density at radius 2 is 1.35 bits per heavy atom. The molecule has 0 amide bonds. The number of rotatable bonds is 2. The Hall–Kier alpha value is -1.64. The van der Waals surface area contributed by atoms with Gasteiger partial charge in [0.25, 0.3) is 5.67 Å². The van der Waals surface area contributed by atoms with E-state index in [1.54, 1.807) is 0 Å². The van der Waals surface area contributed by atoms with Crippen molar-refractivity contribution in [2.75, 3.05) is 0 Å². The molecular weight excluding hydrogens is 246 g/mol. The van der Waals surface area contributed by atoms with Crippen molar-refractivity contribution in [3.8, 4) is 12.3 Å². The summed E-state index contributed by atoms with van der Waals surface area (Å²) in [5.41, 5.74) is -5.13. The van der Waals surface area contributed by atoms with Crippen molar-refractivity contribution in [1.82, 2.24) is 0 Å². The molecule has 0 saturated heterocycles. The molecule has 0 bridgehead atoms. The maximum Gasteiger partial charge on any atom is 0.458 e. The van der Waals surface area contributed by atoms with E-state index in [0.717, 1.165) is 30.2 Å². The summed E-state index contributed by atoms with van der Waals surface area (Å²) in [4.78, 5) is 0. The van der Waals surface area contributed by atoms with Crippen molar-refractivity contribution in [3.05, 3.63) is 35.9 Å². The topological polar surface area (TPSA) is 0 Å². The van der Waals surface area contributed by atoms with Crippen molar-refractivity contribution < 1.29 is 26.3 Å². The van der Waals surface area contributed by atoms with Crippen LogP contribution in [0.1, 0.15) is 5.56 Å². The Bertz CT molecular complexity index is 428. The SMILES string of the molecule is C#CC(F)(c1ccccc1)C(F)(F)C(F)(F)F. The van der Waals surface area contributed by atoms with Gasteiger partial charge in [-0.3, -0.25) is 0 Å². The fourth-order valence-corrected chi connectivity index (χ4v) is 1.22. The zero-order chi connectivity index (χ0) is 13.3. The zero-order valence-corrected chi connectivity index (χ0v) is 8.23. The van der Waals surface area contributed by atoms with E-state index in [-0.39, 0.29) is 0 Å². The van der Waals surface area contributed by atoms with E-state index in [0.29, 0.717) is 0 Å². The van der Waals surface area contributed by atoms with Crippen LogP contribution in [0.15, 0.2) is 30.3 Å². The standard InChI is InChI=1S/C11H6F6/c1-2-9(12,8-6-4-3-5-7-8)10(13,14)11(15,16)17/h1,3-7H. The lowest BCUT2D eigenvalue weighted by molar-refractivity contribution is -0.319. The Morgan fingerprint density at radius 3 is 1.71 bits per heavy atom. The first kappa shape index (κ1) is 13.4. The van der Waals surface area contributed by atoms with E-state index < -0.39 is 23.3 Å². The van der Waals surface area contributed by atoms with E-state index in [9.17, 15) is 26.3 Å². The third-order valence-corrected chi connectivity index (χ3v) is 2.16. The molecule has 0 nitrogen and oxygen atoms in total. The molecule has 1 unspecified atom stereocenters. The second-order valence-electron chi connectivity index (χ2n) is 3.24. The molecule has 0 spiro atoms. The molecule has 0 radical (unpaired) electrons. The summed E-state index contributed by atoms with van der Waals surface area (Å²) in [6.45, 7) is 0. The number of halogens is 6. The average molecular weight is 252 g/mol. The Morgan fingerprint density at radius 1 is 0.882 bits per heavy atom. The summed E-state index contributed by atoms with van der Waals surface area (Å²) in [5.74, 6) is -4.75. The number of alkyl halides is 6. The number of terminal acetylenes is 1. The molecule has 1 aromatic rings. The molecule has 0 aromatic heterocycles. The van der Waals surface area contributed by atoms with Gasteiger partial charge in [0.15, 0.2) is 0 Å². The maximum absolute atomic E-state index is 13.8. The predicted molar refractivity (Wildman–Crippen MR) is 49.1 cm³/mol. The third-order valence-electron chi connectivity index (χ3n) is 2.16. The van der Waals surface area contributed by atoms with Gasteiger partial charge < -0.3 is 0 Å². The van der Waals surface area contributed by atoms with Crippen LogP contribution in [0, 0.1) is 12.3 Å². The fourth-order valence-electron chi connectivity index (χ4n) is 1.22. The minimum atomic E-state index is -6.07. The largest absolute Gasteiger partial charge is 0.458 e. The molecule has 0 aliphatic carbocycles. The molecule has 1 aromatic carbocycles. The molecule has 0 N–H and O–H groups in total. The second-order valence-corrected chi connectivity index (χ2v) is 3.24. The molecular formula is C11H6F6. The lowest BCUT2D eigenvalue weighted by Gasteiger charge is -2.30. The minimum Gasteiger partial charge on any atom is -0.217 e. The first-order valence-corrected chi connectivity index (χ1v) is 4.33. The fraction of sp³-hybridized carbons (Fsp3) is 0.273. The summed E-state index contributed by atoms with van der Waals surface area (Å²) in [7, 11) is 0. The number of benzene rings is 1. The van der Waals surface area contributed by atoms with Crippen LogP contribution in [0.2, 0.25) is 0 Å². The predicted octanol–water partition coefficient (Wildman–Crippen LogP) is 3.68. The minimum absolute atomic E-state index is 0.777. The molecule has 0 saturated carbocycles. The quantitative estimate of drug-likeness (QED) is 0.556. The highest BCUT2D eigenvalue weighted by Gasteiger charge is 2.71. The van der Waals surface area contributed by atoms with Crippen LogP contribution in [0.4, 0.5) is 26.3 Å². The first-order chi connectivity index (χ1) is 7.67. The van der Waals surface area contributed by atoms with Gasteiger partial charge in [0.1, 0.15) is 0 Å². The van der Waals surface area contributed by atoms with Gasteiger partial charge >= 0.3 is 12.1 Å². The summed E-state index contributed by atoms with van der Waals surface area (Å²) in [6, 6.07) is 5.13. The lowest BCUT2D eigenvalue weighted by atomic mass is 9.89. The van der Waals surface area contributed by atoms with Crippen LogP contribution < -0.4 is 0 Å². The highest BCUT2D eigenvalue weighted by Crippen LogP contribution is 2.50. The smallest absolute Gasteiger partial charge is 0.217 e. The van der Waals surface area contributed by atoms with E-state index in [1.165, 1.54) is 6.07 Å². The average Bonchev–Trinajstić information content (AvgIpc) is 2.27. The van der Waals surface area contributed by atoms with Gasteiger partial charge in [0, 0.05) is 5.56 Å². The van der Waals surface area contributed by atoms with Crippen LogP contribution >= 0.6 is 0 Å². The summed E-state index contributed by atoms with van der Waals surface area (Å²) < 4.78 is 76.2. The number of hydrogen-bond donors (Lipinski definition) is 0. The van der Waals surface area contributed by atoms with Gasteiger partial charge in [-0.2, -0.15) is 22.0 Å². The molecule has 1 atom stereocenters. The number of hydrogen-bond acceptors (Lipinski definition) is 0. The van der Waals surface area contributed by atoms with Crippen LogP contribution in [0.3, 0.4) is 0 Å². The molecule has 17 heavy (non-hydrogen) atoms. The molecule has 92 valence electrons. The zero-order valence-electron chi connectivity index (χ0n) is 8.23. The van der Waals surface area contributed by atoms with Crippen molar-refractivity contribution >= 4 is 0 Å². The van der Waals surface area contributed by atoms with Crippen LogP contribution in [0.5, 0.6) is 0 Å². The summed E-state index contributed by atoms with van der Waals surface area (Å²) in [5, 5.41) is 0. The molecule has 6 heteroatoms. The van der Waals surface area contributed by atoms with E-state index in [1.807, 2.05) is 0 Å². The molecule has 0 heterocycles. The van der Waals surface area contributed by atoms with Crippen molar-refractivity contribution in [2.45, 2.75) is 17.8 Å². The van der Waals surface area contributed by atoms with Crippen LogP contribution in [-0.2, 0) is 5.67 Å². The van der Waals surface area contributed by atoms with E-state index in [4.69, 9.17) is 0 Å². The van der Waals surface area contributed by atoms with Gasteiger partial charge in [-0.25, -0.2) is 4.39 Å². The monoisotopic (exact) mass is 252 g/mol. The lowest BCUT2D eigenvalue weighted by Crippen LogP contribution is -2.51. The normalized spacial score (nSPS) is 16.1. The van der Waals surface area contributed by atoms with E-state index >= 15 is 0 Å². The molecule has 0 aliphatic heterocycles.